The van der Waals surface area contributed by atoms with Gasteiger partial charge in [0, 0.05) is 18.0 Å². The number of benzene rings is 1. The molecule has 1 aromatic carbocycles. The smallest absolute Gasteiger partial charge is 0.383 e. The molecule has 0 aliphatic carbocycles. The minimum Gasteiger partial charge on any atom is -0.383 e. The van der Waals surface area contributed by atoms with E-state index in [1.54, 1.807) is 0 Å². The summed E-state index contributed by atoms with van der Waals surface area (Å²) >= 11 is 0. The van der Waals surface area contributed by atoms with Gasteiger partial charge in [-0.05, 0) is 30.3 Å². The van der Waals surface area contributed by atoms with Crippen LogP contribution < -0.4 is 5.73 Å². The molecule has 0 bridgehead atoms. The van der Waals surface area contributed by atoms with Crippen LogP contribution in [-0.4, -0.2) is 19.2 Å². The lowest BCUT2D eigenvalue weighted by atomic mass is 10.1. The third kappa shape index (κ3) is 4.50. The summed E-state index contributed by atoms with van der Waals surface area (Å²) in [5.74, 6) is -0.613. The van der Waals surface area contributed by atoms with Crippen molar-refractivity contribution in [1.29, 1.82) is 0 Å². The van der Waals surface area contributed by atoms with Gasteiger partial charge in [0.2, 0.25) is 0 Å². The summed E-state index contributed by atoms with van der Waals surface area (Å²) < 4.78 is 104. The molecule has 0 saturated heterocycles. The van der Waals surface area contributed by atoms with Gasteiger partial charge in [0.25, 0.3) is 10.0 Å². The van der Waals surface area contributed by atoms with E-state index in [9.17, 15) is 34.8 Å². The molecule has 1 aromatic heterocycles. The monoisotopic (exact) mass is 397 g/mol. The third-order valence-corrected chi connectivity index (χ3v) is 4.32. The molecule has 2 N–H and O–H groups in total. The van der Waals surface area contributed by atoms with Crippen molar-refractivity contribution in [2.24, 2.45) is 10.1 Å². The minimum atomic E-state index is -5.19. The van der Waals surface area contributed by atoms with E-state index in [-0.39, 0.29) is 23.8 Å². The fourth-order valence-electron chi connectivity index (χ4n) is 1.83. The van der Waals surface area contributed by atoms with E-state index in [1.807, 2.05) is 0 Å². The summed E-state index contributed by atoms with van der Waals surface area (Å²) in [6.07, 6.45) is -7.88. The third-order valence-electron chi connectivity index (χ3n) is 3.05. The summed E-state index contributed by atoms with van der Waals surface area (Å²) in [5.41, 5.74) is 1.99. The molecule has 12 heteroatoms. The molecule has 5 nitrogen and oxygen atoms in total. The Morgan fingerprint density at radius 3 is 1.81 bits per heavy atom. The maximum absolute atomic E-state index is 12.8. The minimum absolute atomic E-state index is 0.0634. The maximum Gasteiger partial charge on any atom is 0.416 e. The molecule has 26 heavy (non-hydrogen) atoms. The molecule has 0 aliphatic heterocycles. The van der Waals surface area contributed by atoms with Crippen LogP contribution in [0.3, 0.4) is 0 Å². The first-order chi connectivity index (χ1) is 11.8. The number of halogens is 6. The van der Waals surface area contributed by atoms with Gasteiger partial charge in [0.1, 0.15) is 5.84 Å². The summed E-state index contributed by atoms with van der Waals surface area (Å²) in [6, 6.07) is 2.47. The number of sulfonamides is 1. The van der Waals surface area contributed by atoms with Crippen molar-refractivity contribution in [3.8, 4) is 0 Å². The van der Waals surface area contributed by atoms with Crippen molar-refractivity contribution in [3.63, 3.8) is 0 Å². The zero-order valence-corrected chi connectivity index (χ0v) is 13.3. The molecule has 1 heterocycles. The van der Waals surface area contributed by atoms with E-state index in [2.05, 4.69) is 9.38 Å². The van der Waals surface area contributed by atoms with Crippen LogP contribution in [-0.2, 0) is 22.4 Å². The molecule has 2 rings (SSSR count). The van der Waals surface area contributed by atoms with Crippen LogP contribution >= 0.6 is 0 Å². The molecule has 0 radical (unpaired) electrons. The first-order valence-electron chi connectivity index (χ1n) is 6.61. The van der Waals surface area contributed by atoms with E-state index in [0.717, 1.165) is 0 Å². The average molecular weight is 397 g/mol. The fraction of sp³-hybridized carbons (Fsp3) is 0.143. The van der Waals surface area contributed by atoms with E-state index >= 15 is 0 Å². The van der Waals surface area contributed by atoms with Crippen LogP contribution in [0.25, 0.3) is 0 Å². The first kappa shape index (κ1) is 19.7. The van der Waals surface area contributed by atoms with Crippen molar-refractivity contribution < 1.29 is 34.8 Å². The highest BCUT2D eigenvalue weighted by Crippen LogP contribution is 2.37. The molecule has 2 aromatic rings. The highest BCUT2D eigenvalue weighted by Gasteiger charge is 2.38. The molecule has 140 valence electrons. The predicted molar refractivity (Wildman–Crippen MR) is 78.6 cm³/mol. The van der Waals surface area contributed by atoms with Gasteiger partial charge in [-0.25, -0.2) is 0 Å². The Balaban J connectivity index is 2.62. The van der Waals surface area contributed by atoms with Crippen LogP contribution in [0.2, 0.25) is 0 Å². The number of aromatic nitrogens is 1. The van der Waals surface area contributed by atoms with Crippen LogP contribution in [0.1, 0.15) is 16.7 Å². The van der Waals surface area contributed by atoms with Crippen LogP contribution in [0.4, 0.5) is 26.3 Å². The number of amidine groups is 1. The Kier molecular flexibility index (Phi) is 4.99. The van der Waals surface area contributed by atoms with Crippen molar-refractivity contribution in [2.45, 2.75) is 17.2 Å². The Labute approximate surface area is 143 Å². The second kappa shape index (κ2) is 6.59. The van der Waals surface area contributed by atoms with Crippen molar-refractivity contribution in [3.05, 3.63) is 59.4 Å². The fourth-order valence-corrected chi connectivity index (χ4v) is 2.85. The van der Waals surface area contributed by atoms with Crippen molar-refractivity contribution >= 4 is 15.9 Å². The molecule has 0 atom stereocenters. The van der Waals surface area contributed by atoms with Crippen molar-refractivity contribution in [2.75, 3.05) is 0 Å². The van der Waals surface area contributed by atoms with Gasteiger partial charge >= 0.3 is 12.4 Å². The number of hydrogen-bond acceptors (Lipinski definition) is 3. The number of alkyl halides is 6. The molecule has 0 spiro atoms. The number of pyridine rings is 1. The van der Waals surface area contributed by atoms with Crippen LogP contribution in [0, 0.1) is 0 Å². The average Bonchev–Trinajstić information content (AvgIpc) is 2.53. The number of nitrogens with zero attached hydrogens (tertiary/aromatic N) is 2. The molecular weight excluding hydrogens is 388 g/mol. The molecule has 0 unspecified atom stereocenters. The van der Waals surface area contributed by atoms with Gasteiger partial charge in [-0.3, -0.25) is 4.98 Å². The van der Waals surface area contributed by atoms with Gasteiger partial charge in [0.05, 0.1) is 16.0 Å². The Hall–Kier alpha value is -2.63. The van der Waals surface area contributed by atoms with Gasteiger partial charge in [-0.1, -0.05) is 0 Å². The highest BCUT2D eigenvalue weighted by atomic mass is 32.2. The van der Waals surface area contributed by atoms with E-state index in [1.165, 1.54) is 24.5 Å². The summed E-state index contributed by atoms with van der Waals surface area (Å²) in [5, 5.41) is 0. The van der Waals surface area contributed by atoms with Gasteiger partial charge < -0.3 is 5.73 Å². The summed E-state index contributed by atoms with van der Waals surface area (Å²) in [7, 11) is -4.93. The zero-order valence-electron chi connectivity index (χ0n) is 12.5. The SMILES string of the molecule is N/C(=N\S(=O)(=O)c1cc(C(F)(F)F)cc(C(F)(F)F)c1)c1ccncc1. The van der Waals surface area contributed by atoms with Crippen LogP contribution in [0.5, 0.6) is 0 Å². The highest BCUT2D eigenvalue weighted by molar-refractivity contribution is 7.90. The molecular formula is C14H9F6N3O2S. The number of nitrogens with two attached hydrogens (primary N) is 1. The zero-order chi connectivity index (χ0) is 19.8. The van der Waals surface area contributed by atoms with Gasteiger partial charge in [-0.15, -0.1) is 4.40 Å². The van der Waals surface area contributed by atoms with E-state index in [0.29, 0.717) is 0 Å². The second-order valence-corrected chi connectivity index (χ2v) is 6.53. The lowest BCUT2D eigenvalue weighted by Gasteiger charge is -2.13. The van der Waals surface area contributed by atoms with Crippen molar-refractivity contribution in [1.82, 2.24) is 4.98 Å². The maximum atomic E-state index is 12.8. The van der Waals surface area contributed by atoms with E-state index < -0.39 is 44.2 Å². The largest absolute Gasteiger partial charge is 0.416 e. The van der Waals surface area contributed by atoms with E-state index in [4.69, 9.17) is 5.73 Å². The topological polar surface area (TPSA) is 85.4 Å². The normalized spacial score (nSPS) is 13.7. The second-order valence-electron chi connectivity index (χ2n) is 4.93. The standard InChI is InChI=1S/C14H9F6N3O2S/c15-13(16,17)9-5-10(14(18,19)20)7-11(6-9)26(24,25)23-12(21)8-1-3-22-4-2-8/h1-7H,(H2,21,23). The lowest BCUT2D eigenvalue weighted by molar-refractivity contribution is -0.143. The predicted octanol–water partition coefficient (Wildman–Crippen LogP) is 3.21. The van der Waals surface area contributed by atoms with Gasteiger partial charge in [-0.2, -0.15) is 34.8 Å². The van der Waals surface area contributed by atoms with Crippen LogP contribution in [0.15, 0.2) is 52.0 Å². The summed E-state index contributed by atoms with van der Waals surface area (Å²) in [6.45, 7) is 0. The first-order valence-corrected chi connectivity index (χ1v) is 8.05. The quantitative estimate of drug-likeness (QED) is 0.490. The number of rotatable bonds is 3. The number of hydrogen-bond donors (Lipinski definition) is 1. The van der Waals surface area contributed by atoms with Gasteiger partial charge in [0.15, 0.2) is 0 Å². The Morgan fingerprint density at radius 2 is 1.38 bits per heavy atom. The molecule has 0 amide bonds. The lowest BCUT2D eigenvalue weighted by Crippen LogP contribution is -2.17. The molecule has 0 fully saturated rings. The summed E-state index contributed by atoms with van der Waals surface area (Å²) in [4.78, 5) is 2.37. The Bertz CT molecular complexity index is 905. The molecule has 0 aliphatic rings. The molecule has 0 saturated carbocycles. The Morgan fingerprint density at radius 1 is 0.923 bits per heavy atom.